The smallest absolute Gasteiger partial charge is 0.123 e. The lowest BCUT2D eigenvalue weighted by molar-refractivity contribution is 0.628. The van der Waals surface area contributed by atoms with Crippen molar-refractivity contribution in [3.05, 3.63) is 77.3 Å². The summed E-state index contributed by atoms with van der Waals surface area (Å²) in [5.41, 5.74) is 8.68. The van der Waals surface area contributed by atoms with Crippen molar-refractivity contribution in [2.24, 2.45) is 5.73 Å². The van der Waals surface area contributed by atoms with Crippen LogP contribution in [0.2, 0.25) is 5.02 Å². The summed E-state index contributed by atoms with van der Waals surface area (Å²) in [5, 5.41) is 4.63. The summed E-state index contributed by atoms with van der Waals surface area (Å²) in [7, 11) is 0. The SMILES string of the molecule is N/C(=C\Nc1ccc(F)cc1)c1ccc2ccc(Cl)cc2n1. The lowest BCUT2D eigenvalue weighted by Crippen LogP contribution is -2.02. The van der Waals surface area contributed by atoms with Gasteiger partial charge in [0.2, 0.25) is 0 Å². The third-order valence-electron chi connectivity index (χ3n) is 3.19. The van der Waals surface area contributed by atoms with Gasteiger partial charge in [-0.05, 0) is 42.5 Å². The van der Waals surface area contributed by atoms with Crippen LogP contribution in [-0.2, 0) is 0 Å². The maximum absolute atomic E-state index is 12.8. The number of anilines is 1. The second kappa shape index (κ2) is 6.03. The molecule has 0 amide bonds. The number of hydrogen-bond donors (Lipinski definition) is 2. The third-order valence-corrected chi connectivity index (χ3v) is 3.42. The normalized spacial score (nSPS) is 11.6. The topological polar surface area (TPSA) is 50.9 Å². The average Bonchev–Trinajstić information content (AvgIpc) is 2.53. The molecular formula is C17H13ClFN3. The van der Waals surface area contributed by atoms with E-state index in [0.717, 1.165) is 16.6 Å². The van der Waals surface area contributed by atoms with E-state index in [2.05, 4.69) is 10.3 Å². The van der Waals surface area contributed by atoms with Gasteiger partial charge in [0.25, 0.3) is 0 Å². The Morgan fingerprint density at radius 1 is 1.09 bits per heavy atom. The molecule has 1 heterocycles. The van der Waals surface area contributed by atoms with Crippen LogP contribution >= 0.6 is 11.6 Å². The second-order valence-corrected chi connectivity index (χ2v) is 5.22. The molecule has 3 N–H and O–H groups in total. The van der Waals surface area contributed by atoms with E-state index in [1.807, 2.05) is 24.3 Å². The fourth-order valence-corrected chi connectivity index (χ4v) is 2.20. The number of benzene rings is 2. The number of nitrogens with two attached hydrogens (primary N) is 1. The van der Waals surface area contributed by atoms with Gasteiger partial charge >= 0.3 is 0 Å². The summed E-state index contributed by atoms with van der Waals surface area (Å²) in [5.74, 6) is -0.282. The van der Waals surface area contributed by atoms with Gasteiger partial charge in [0.05, 0.1) is 16.9 Å². The molecule has 1 aromatic heterocycles. The lowest BCUT2D eigenvalue weighted by atomic mass is 10.2. The fourth-order valence-electron chi connectivity index (χ4n) is 2.03. The Morgan fingerprint density at radius 3 is 2.59 bits per heavy atom. The first-order chi connectivity index (χ1) is 10.6. The zero-order valence-electron chi connectivity index (χ0n) is 11.6. The molecule has 3 aromatic rings. The molecule has 0 radical (unpaired) electrons. The number of fused-ring (bicyclic) bond motifs is 1. The van der Waals surface area contributed by atoms with Gasteiger partial charge in [-0.1, -0.05) is 23.7 Å². The third kappa shape index (κ3) is 3.18. The summed E-state index contributed by atoms with van der Waals surface area (Å²) in [6, 6.07) is 15.3. The highest BCUT2D eigenvalue weighted by Gasteiger charge is 2.02. The van der Waals surface area contributed by atoms with Gasteiger partial charge in [0.15, 0.2) is 0 Å². The Balaban J connectivity index is 1.85. The van der Waals surface area contributed by atoms with E-state index < -0.39 is 0 Å². The van der Waals surface area contributed by atoms with E-state index in [0.29, 0.717) is 16.4 Å². The molecule has 0 bridgehead atoms. The summed E-state index contributed by atoms with van der Waals surface area (Å²) < 4.78 is 12.8. The van der Waals surface area contributed by atoms with Crippen molar-refractivity contribution >= 4 is 33.9 Å². The van der Waals surface area contributed by atoms with Gasteiger partial charge in [0, 0.05) is 22.3 Å². The predicted octanol–water partition coefficient (Wildman–Crippen LogP) is 4.40. The molecule has 110 valence electrons. The molecule has 2 aromatic carbocycles. The number of hydrogen-bond acceptors (Lipinski definition) is 3. The lowest BCUT2D eigenvalue weighted by Gasteiger charge is -2.05. The molecule has 0 unspecified atom stereocenters. The van der Waals surface area contributed by atoms with Crippen LogP contribution < -0.4 is 11.1 Å². The van der Waals surface area contributed by atoms with Crippen molar-refractivity contribution in [2.75, 3.05) is 5.32 Å². The molecule has 0 aliphatic carbocycles. The average molecular weight is 314 g/mol. The van der Waals surface area contributed by atoms with Crippen molar-refractivity contribution in [3.63, 3.8) is 0 Å². The van der Waals surface area contributed by atoms with Crippen LogP contribution in [-0.4, -0.2) is 4.98 Å². The van der Waals surface area contributed by atoms with E-state index in [4.69, 9.17) is 17.3 Å². The predicted molar refractivity (Wildman–Crippen MR) is 88.9 cm³/mol. The molecule has 22 heavy (non-hydrogen) atoms. The van der Waals surface area contributed by atoms with Gasteiger partial charge in [-0.15, -0.1) is 0 Å². The summed E-state index contributed by atoms with van der Waals surface area (Å²) in [6.07, 6.45) is 1.63. The fraction of sp³-hybridized carbons (Fsp3) is 0. The molecule has 0 aliphatic rings. The zero-order valence-corrected chi connectivity index (χ0v) is 12.3. The number of pyridine rings is 1. The molecule has 0 fully saturated rings. The first-order valence-electron chi connectivity index (χ1n) is 6.66. The van der Waals surface area contributed by atoms with Crippen molar-refractivity contribution in [1.82, 2.24) is 4.98 Å². The minimum absolute atomic E-state index is 0.282. The number of rotatable bonds is 3. The Hall–Kier alpha value is -2.59. The van der Waals surface area contributed by atoms with E-state index in [1.54, 1.807) is 24.4 Å². The van der Waals surface area contributed by atoms with Crippen LogP contribution in [0.3, 0.4) is 0 Å². The molecule has 3 rings (SSSR count). The minimum atomic E-state index is -0.282. The Morgan fingerprint density at radius 2 is 1.82 bits per heavy atom. The van der Waals surface area contributed by atoms with Gasteiger partial charge in [-0.25, -0.2) is 9.37 Å². The van der Waals surface area contributed by atoms with Crippen molar-refractivity contribution in [3.8, 4) is 0 Å². The molecule has 0 saturated heterocycles. The summed E-state index contributed by atoms with van der Waals surface area (Å²) >= 11 is 5.98. The van der Waals surface area contributed by atoms with Crippen LogP contribution in [0.4, 0.5) is 10.1 Å². The van der Waals surface area contributed by atoms with E-state index >= 15 is 0 Å². The minimum Gasteiger partial charge on any atom is -0.396 e. The molecule has 5 heteroatoms. The molecule has 0 atom stereocenters. The highest BCUT2D eigenvalue weighted by atomic mass is 35.5. The number of nitrogens with zero attached hydrogens (tertiary/aromatic N) is 1. The van der Waals surface area contributed by atoms with Crippen molar-refractivity contribution in [1.29, 1.82) is 0 Å². The van der Waals surface area contributed by atoms with E-state index in [1.165, 1.54) is 12.1 Å². The molecule has 3 nitrogen and oxygen atoms in total. The van der Waals surface area contributed by atoms with Crippen LogP contribution in [0.15, 0.2) is 60.8 Å². The standard InChI is InChI=1S/C17H13ClFN3/c18-12-3-1-11-2-8-16(22-17(11)9-12)15(20)10-21-14-6-4-13(19)5-7-14/h1-10,21H,20H2/b15-10-. The van der Waals surface area contributed by atoms with Crippen molar-refractivity contribution in [2.45, 2.75) is 0 Å². The highest BCUT2D eigenvalue weighted by molar-refractivity contribution is 6.31. The van der Waals surface area contributed by atoms with Crippen LogP contribution in [0, 0.1) is 5.82 Å². The largest absolute Gasteiger partial charge is 0.396 e. The maximum Gasteiger partial charge on any atom is 0.123 e. The molecule has 0 spiro atoms. The number of halogens is 2. The Kier molecular flexibility index (Phi) is 3.94. The van der Waals surface area contributed by atoms with Gasteiger partial charge in [-0.2, -0.15) is 0 Å². The highest BCUT2D eigenvalue weighted by Crippen LogP contribution is 2.19. The van der Waals surface area contributed by atoms with Crippen molar-refractivity contribution < 1.29 is 4.39 Å². The maximum atomic E-state index is 12.8. The molecular weight excluding hydrogens is 301 g/mol. The molecule has 0 saturated carbocycles. The zero-order chi connectivity index (χ0) is 15.5. The van der Waals surface area contributed by atoms with Crippen LogP contribution in [0.5, 0.6) is 0 Å². The number of nitrogens with one attached hydrogen (secondary N) is 1. The molecule has 0 aliphatic heterocycles. The summed E-state index contributed by atoms with van der Waals surface area (Å²) in [4.78, 5) is 4.48. The van der Waals surface area contributed by atoms with Gasteiger partial charge in [-0.3, -0.25) is 0 Å². The van der Waals surface area contributed by atoms with Crippen LogP contribution in [0.25, 0.3) is 16.6 Å². The van der Waals surface area contributed by atoms with Gasteiger partial charge in [0.1, 0.15) is 5.82 Å². The Bertz CT molecular complexity index is 844. The summed E-state index contributed by atoms with van der Waals surface area (Å²) in [6.45, 7) is 0. The van der Waals surface area contributed by atoms with Crippen LogP contribution in [0.1, 0.15) is 5.69 Å². The first kappa shape index (κ1) is 14.4. The number of aromatic nitrogens is 1. The van der Waals surface area contributed by atoms with E-state index in [-0.39, 0.29) is 5.82 Å². The van der Waals surface area contributed by atoms with Gasteiger partial charge < -0.3 is 11.1 Å². The quantitative estimate of drug-likeness (QED) is 0.753. The Labute approximate surface area is 132 Å². The van der Waals surface area contributed by atoms with E-state index in [9.17, 15) is 4.39 Å². The first-order valence-corrected chi connectivity index (χ1v) is 7.04. The second-order valence-electron chi connectivity index (χ2n) is 4.78. The monoisotopic (exact) mass is 313 g/mol.